The fourth-order valence-electron chi connectivity index (χ4n) is 1.22. The number of rotatable bonds is 11. The summed E-state index contributed by atoms with van der Waals surface area (Å²) >= 11 is 0. The van der Waals surface area contributed by atoms with Crippen molar-refractivity contribution in [3.05, 3.63) is 0 Å². The maximum absolute atomic E-state index is 10.3. The summed E-state index contributed by atoms with van der Waals surface area (Å²) in [7, 11) is 0. The van der Waals surface area contributed by atoms with Crippen LogP contribution in [0.15, 0.2) is 0 Å². The topological polar surface area (TPSA) is 74.8 Å². The van der Waals surface area contributed by atoms with E-state index in [-0.39, 0.29) is 85.3 Å². The second-order valence-electron chi connectivity index (χ2n) is 3.19. The molecule has 0 aliphatic carbocycles. The van der Waals surface area contributed by atoms with E-state index in [2.05, 4.69) is 0 Å². The Kier molecular flexibility index (Phi) is 23.1. The van der Waals surface area contributed by atoms with E-state index < -0.39 is 0 Å². The average molecular weight is 276 g/mol. The number of carbonyl (C=O) groups is 4. The van der Waals surface area contributed by atoms with Crippen LogP contribution in [0.25, 0.3) is 0 Å². The van der Waals surface area contributed by atoms with Gasteiger partial charge >= 0.3 is 59.1 Å². The molecular formula is C10H18N2Na2O4. The molecule has 0 spiro atoms. The Bertz CT molecular complexity index is 198. The summed E-state index contributed by atoms with van der Waals surface area (Å²) in [4.78, 5) is 44.5. The molecule has 8 heteroatoms. The third-order valence-corrected chi connectivity index (χ3v) is 2.06. The van der Waals surface area contributed by atoms with Crippen LogP contribution in [-0.4, -0.2) is 133 Å². The molecule has 0 radical (unpaired) electrons. The van der Waals surface area contributed by atoms with Crippen LogP contribution in [0.2, 0.25) is 0 Å². The molecule has 0 aromatic carbocycles. The van der Waals surface area contributed by atoms with Crippen molar-refractivity contribution in [1.29, 1.82) is 0 Å². The van der Waals surface area contributed by atoms with Crippen molar-refractivity contribution in [2.75, 3.05) is 39.3 Å². The standard InChI is InChI=1S/C10H16N2O4.2Na.2H/c13-7-3-11(4-8-14)1-2-12(5-9-15)6-10-16;;;;/h7-10H,1-6H2;;;;. The molecule has 0 saturated heterocycles. The molecule has 0 amide bonds. The summed E-state index contributed by atoms with van der Waals surface area (Å²) in [5.74, 6) is 0. The molecule has 94 valence electrons. The molecule has 0 heterocycles. The van der Waals surface area contributed by atoms with Crippen molar-refractivity contribution < 1.29 is 19.2 Å². The minimum absolute atomic E-state index is 0. The van der Waals surface area contributed by atoms with Crippen LogP contribution in [0.5, 0.6) is 0 Å². The van der Waals surface area contributed by atoms with Crippen molar-refractivity contribution in [2.24, 2.45) is 0 Å². The summed E-state index contributed by atoms with van der Waals surface area (Å²) in [6, 6.07) is 0. The molecule has 0 N–H and O–H groups in total. The maximum atomic E-state index is 10.3. The van der Waals surface area contributed by atoms with Gasteiger partial charge in [-0.2, -0.15) is 0 Å². The molecule has 0 aliphatic heterocycles. The quantitative estimate of drug-likeness (QED) is 0.297. The van der Waals surface area contributed by atoms with Gasteiger partial charge in [-0.15, -0.1) is 0 Å². The predicted octanol–water partition coefficient (Wildman–Crippen LogP) is -2.91. The van der Waals surface area contributed by atoms with Crippen molar-refractivity contribution in [1.82, 2.24) is 9.80 Å². The summed E-state index contributed by atoms with van der Waals surface area (Å²) in [6.07, 6.45) is 2.86. The molecule has 0 atom stereocenters. The van der Waals surface area contributed by atoms with E-state index in [0.717, 1.165) is 0 Å². The second-order valence-corrected chi connectivity index (χ2v) is 3.19. The van der Waals surface area contributed by atoms with Crippen molar-refractivity contribution in [3.63, 3.8) is 0 Å². The van der Waals surface area contributed by atoms with Crippen molar-refractivity contribution >= 4 is 84.3 Å². The van der Waals surface area contributed by atoms with E-state index in [4.69, 9.17) is 0 Å². The SMILES string of the molecule is O=CCN(CC=O)CCN(CC=O)CC=O.[NaH].[NaH]. The molecular weight excluding hydrogens is 258 g/mol. The fraction of sp³-hybridized carbons (Fsp3) is 0.600. The molecule has 0 aromatic rings. The number of nitrogens with zero attached hydrogens (tertiary/aromatic N) is 2. The average Bonchev–Trinajstić information content (AvgIpc) is 2.27. The third-order valence-electron chi connectivity index (χ3n) is 2.06. The fourth-order valence-corrected chi connectivity index (χ4v) is 1.22. The number of hydrogen-bond donors (Lipinski definition) is 0. The zero-order valence-electron chi connectivity index (χ0n) is 9.08. The Morgan fingerprint density at radius 3 is 0.944 bits per heavy atom. The molecule has 0 saturated carbocycles. The van der Waals surface area contributed by atoms with E-state index >= 15 is 0 Å². The Balaban J connectivity index is -0.00000112. The van der Waals surface area contributed by atoms with Gasteiger partial charge in [-0.25, -0.2) is 0 Å². The zero-order valence-corrected chi connectivity index (χ0v) is 9.08. The first-order valence-corrected chi connectivity index (χ1v) is 4.97. The van der Waals surface area contributed by atoms with E-state index in [1.54, 1.807) is 9.80 Å². The number of hydrogen-bond acceptors (Lipinski definition) is 6. The summed E-state index contributed by atoms with van der Waals surface area (Å²) in [6.45, 7) is 1.64. The van der Waals surface area contributed by atoms with Gasteiger partial charge in [-0.1, -0.05) is 0 Å². The van der Waals surface area contributed by atoms with Crippen LogP contribution in [0, 0.1) is 0 Å². The normalized spacial score (nSPS) is 9.22. The van der Waals surface area contributed by atoms with Gasteiger partial charge in [-0.05, 0) is 0 Å². The molecule has 0 aromatic heterocycles. The first kappa shape index (κ1) is 23.7. The van der Waals surface area contributed by atoms with Gasteiger partial charge in [0.2, 0.25) is 0 Å². The predicted molar refractivity (Wildman–Crippen MR) is 71.4 cm³/mol. The van der Waals surface area contributed by atoms with Crippen LogP contribution >= 0.6 is 0 Å². The van der Waals surface area contributed by atoms with E-state index in [1.807, 2.05) is 0 Å². The monoisotopic (exact) mass is 276 g/mol. The van der Waals surface area contributed by atoms with E-state index in [1.165, 1.54) is 0 Å². The summed E-state index contributed by atoms with van der Waals surface area (Å²) in [5.41, 5.74) is 0. The molecule has 0 bridgehead atoms. The Hall–Kier alpha value is 0.600. The van der Waals surface area contributed by atoms with E-state index in [0.29, 0.717) is 38.2 Å². The Labute approximate surface area is 151 Å². The van der Waals surface area contributed by atoms with Gasteiger partial charge in [0, 0.05) is 13.1 Å². The molecule has 6 nitrogen and oxygen atoms in total. The van der Waals surface area contributed by atoms with Gasteiger partial charge in [0.05, 0.1) is 26.2 Å². The Morgan fingerprint density at radius 1 is 0.556 bits per heavy atom. The third kappa shape index (κ3) is 13.0. The molecule has 0 unspecified atom stereocenters. The second kappa shape index (κ2) is 17.6. The number of aldehydes is 4. The van der Waals surface area contributed by atoms with Crippen LogP contribution in [-0.2, 0) is 19.2 Å². The summed E-state index contributed by atoms with van der Waals surface area (Å²) in [5, 5.41) is 0. The van der Waals surface area contributed by atoms with Gasteiger partial charge in [0.15, 0.2) is 0 Å². The van der Waals surface area contributed by atoms with Crippen molar-refractivity contribution in [2.45, 2.75) is 0 Å². The summed E-state index contributed by atoms with van der Waals surface area (Å²) < 4.78 is 0. The molecule has 0 aliphatic rings. The minimum atomic E-state index is 0. The first-order chi connectivity index (χ1) is 7.78. The Morgan fingerprint density at radius 2 is 0.778 bits per heavy atom. The van der Waals surface area contributed by atoms with Gasteiger partial charge < -0.3 is 19.2 Å². The molecule has 0 fully saturated rings. The zero-order chi connectivity index (χ0) is 12.2. The van der Waals surface area contributed by atoms with Crippen LogP contribution in [0.4, 0.5) is 0 Å². The van der Waals surface area contributed by atoms with Crippen molar-refractivity contribution in [3.8, 4) is 0 Å². The molecule has 0 rings (SSSR count). The van der Waals surface area contributed by atoms with Gasteiger partial charge in [-0.3, -0.25) is 9.80 Å². The van der Waals surface area contributed by atoms with Crippen LogP contribution < -0.4 is 0 Å². The van der Waals surface area contributed by atoms with E-state index in [9.17, 15) is 19.2 Å². The first-order valence-electron chi connectivity index (χ1n) is 4.97. The van der Waals surface area contributed by atoms with Crippen LogP contribution in [0.3, 0.4) is 0 Å². The molecule has 18 heavy (non-hydrogen) atoms. The van der Waals surface area contributed by atoms with Gasteiger partial charge in [0.1, 0.15) is 25.1 Å². The number of carbonyl (C=O) groups excluding carboxylic acids is 4. The van der Waals surface area contributed by atoms with Gasteiger partial charge in [0.25, 0.3) is 0 Å². The van der Waals surface area contributed by atoms with Crippen LogP contribution in [0.1, 0.15) is 0 Å².